The Hall–Kier alpha value is -3.46. The Bertz CT molecular complexity index is 1270. The molecule has 0 radical (unpaired) electrons. The molecule has 0 bridgehead atoms. The van der Waals surface area contributed by atoms with E-state index in [1.807, 2.05) is 43.3 Å². The maximum Gasteiger partial charge on any atom is 0.240 e. The summed E-state index contributed by atoms with van der Waals surface area (Å²) in [4.78, 5) is 1.17. The van der Waals surface area contributed by atoms with E-state index < -0.39 is 22.2 Å². The van der Waals surface area contributed by atoms with E-state index in [1.165, 1.54) is 12.7 Å². The summed E-state index contributed by atoms with van der Waals surface area (Å²) in [5.41, 5.74) is 2.36. The van der Waals surface area contributed by atoms with Crippen LogP contribution in [-0.4, -0.2) is 22.6 Å². The second kappa shape index (κ2) is 13.6. The van der Waals surface area contributed by atoms with Crippen LogP contribution in [0.15, 0.2) is 107 Å². The summed E-state index contributed by atoms with van der Waals surface area (Å²) < 4.78 is 44.7. The van der Waals surface area contributed by atoms with Gasteiger partial charge < -0.3 is 13.7 Å². The van der Waals surface area contributed by atoms with Crippen LogP contribution in [0, 0.1) is 13.8 Å². The molecule has 0 saturated carbocycles. The topological polar surface area (TPSA) is 71.1 Å². The highest BCUT2D eigenvalue weighted by Crippen LogP contribution is 2.25. The van der Waals surface area contributed by atoms with Crippen molar-refractivity contribution in [1.82, 2.24) is 0 Å². The molecule has 6 nitrogen and oxygen atoms in total. The molecule has 0 fully saturated rings. The number of rotatable bonds is 8. The van der Waals surface area contributed by atoms with Crippen LogP contribution >= 0.6 is 0 Å². The smallest absolute Gasteiger partial charge is 0.240 e. The molecule has 0 spiro atoms. The first-order chi connectivity index (χ1) is 17.4. The average Bonchev–Trinajstić information content (AvgIpc) is 2.91. The molecule has 0 aliphatic rings. The molecule has 0 saturated heterocycles. The monoisotopic (exact) mass is 524 g/mol. The minimum absolute atomic E-state index is 0.479. The number of methoxy groups -OCH3 is 1. The van der Waals surface area contributed by atoms with Gasteiger partial charge >= 0.3 is 0 Å². The first-order valence-electron chi connectivity index (χ1n) is 11.0. The summed E-state index contributed by atoms with van der Waals surface area (Å²) >= 11 is -3.05. The fraction of sp³-hybridized carbons (Fsp3) is 0.143. The van der Waals surface area contributed by atoms with Crippen LogP contribution in [-0.2, 0) is 26.3 Å². The molecule has 4 aromatic carbocycles. The van der Waals surface area contributed by atoms with Gasteiger partial charge in [0.2, 0.25) is 11.1 Å². The third-order valence-corrected chi connectivity index (χ3v) is 6.83. The summed E-state index contributed by atoms with van der Waals surface area (Å²) in [7, 11) is 3.06. The van der Waals surface area contributed by atoms with E-state index in [9.17, 15) is 8.42 Å². The summed E-state index contributed by atoms with van der Waals surface area (Å²) in [6.45, 7) is 4.02. The van der Waals surface area contributed by atoms with Crippen molar-refractivity contribution in [3.63, 3.8) is 0 Å². The molecular formula is C28H28O6S2. The van der Waals surface area contributed by atoms with E-state index >= 15 is 0 Å². The minimum Gasteiger partial charge on any atom is -0.497 e. The molecule has 2 unspecified atom stereocenters. The number of ether oxygens (including phenoxy) is 2. The minimum atomic E-state index is -1.58. The Morgan fingerprint density at radius 1 is 0.500 bits per heavy atom. The molecule has 188 valence electrons. The Kier molecular flexibility index (Phi) is 10.2. The maximum atomic E-state index is 12.2. The zero-order valence-electron chi connectivity index (χ0n) is 20.5. The van der Waals surface area contributed by atoms with Crippen LogP contribution in [0.5, 0.6) is 23.0 Å². The Morgan fingerprint density at radius 3 is 1.39 bits per heavy atom. The van der Waals surface area contributed by atoms with Gasteiger partial charge in [-0.2, -0.15) is 0 Å². The zero-order chi connectivity index (χ0) is 25.9. The number of aryl methyl sites for hydroxylation is 2. The van der Waals surface area contributed by atoms with Crippen LogP contribution in [0.2, 0.25) is 0 Å². The number of benzene rings is 4. The van der Waals surface area contributed by atoms with Crippen LogP contribution in [0.1, 0.15) is 11.1 Å². The third-order valence-electron chi connectivity index (χ3n) is 4.87. The summed E-state index contributed by atoms with van der Waals surface area (Å²) in [5, 5.41) is 0. The third kappa shape index (κ3) is 8.34. The second-order valence-electron chi connectivity index (χ2n) is 7.59. The van der Waals surface area contributed by atoms with Crippen molar-refractivity contribution in [3.8, 4) is 23.0 Å². The maximum absolute atomic E-state index is 12.2. The lowest BCUT2D eigenvalue weighted by atomic mass is 10.2. The van der Waals surface area contributed by atoms with Crippen molar-refractivity contribution < 1.29 is 26.3 Å². The van der Waals surface area contributed by atoms with Crippen molar-refractivity contribution in [1.29, 1.82) is 0 Å². The highest BCUT2D eigenvalue weighted by Gasteiger charge is 2.07. The van der Waals surface area contributed by atoms with E-state index in [-0.39, 0.29) is 0 Å². The van der Waals surface area contributed by atoms with Crippen molar-refractivity contribution in [2.75, 3.05) is 14.2 Å². The molecule has 0 N–H and O–H groups in total. The van der Waals surface area contributed by atoms with E-state index in [2.05, 4.69) is 6.92 Å². The predicted molar refractivity (Wildman–Crippen MR) is 142 cm³/mol. The highest BCUT2D eigenvalue weighted by atomic mass is 32.2. The van der Waals surface area contributed by atoms with Gasteiger partial charge in [0.1, 0.15) is 23.0 Å². The lowest BCUT2D eigenvalue weighted by Gasteiger charge is -2.08. The Labute approximate surface area is 217 Å². The van der Waals surface area contributed by atoms with Gasteiger partial charge in [0.25, 0.3) is 0 Å². The standard InChI is InChI=1S/C20H18O5S2.C8H10O/c1-15-3-11-20(12-4-15)27(22)25-18-7-5-16(6-8-18)24-17-9-13-19(14-10-17)26(21)23-2;1-7-3-5-8(9-2)6-4-7/h3-14H,1-2H3;3-6H,1-2H3. The van der Waals surface area contributed by atoms with Crippen molar-refractivity contribution >= 4 is 22.2 Å². The summed E-state index contributed by atoms with van der Waals surface area (Å²) in [6, 6.07) is 28.9. The SMILES string of the molecule is COS(=O)c1ccc(Oc2ccc(OS(=O)c3ccc(C)cc3)cc2)cc1.COc1ccc(C)cc1. The Morgan fingerprint density at radius 2 is 0.889 bits per heavy atom. The van der Waals surface area contributed by atoms with Gasteiger partial charge in [-0.1, -0.05) is 35.4 Å². The lowest BCUT2D eigenvalue weighted by Crippen LogP contribution is -2.00. The van der Waals surface area contributed by atoms with Crippen LogP contribution in [0.4, 0.5) is 0 Å². The van der Waals surface area contributed by atoms with E-state index in [4.69, 9.17) is 17.8 Å². The fourth-order valence-corrected chi connectivity index (χ4v) is 4.16. The lowest BCUT2D eigenvalue weighted by molar-refractivity contribution is 0.414. The predicted octanol–water partition coefficient (Wildman–Crippen LogP) is 6.56. The quantitative estimate of drug-likeness (QED) is 0.260. The number of hydrogen-bond donors (Lipinski definition) is 0. The summed E-state index contributed by atoms with van der Waals surface area (Å²) in [6.07, 6.45) is 0. The van der Waals surface area contributed by atoms with Crippen LogP contribution < -0.4 is 13.7 Å². The van der Waals surface area contributed by atoms with Crippen molar-refractivity contribution in [2.24, 2.45) is 0 Å². The first-order valence-corrected chi connectivity index (χ1v) is 13.1. The highest BCUT2D eigenvalue weighted by molar-refractivity contribution is 7.80. The second-order valence-corrected chi connectivity index (χ2v) is 9.98. The molecule has 0 aliphatic carbocycles. The van der Waals surface area contributed by atoms with Crippen molar-refractivity contribution in [2.45, 2.75) is 23.6 Å². The molecule has 36 heavy (non-hydrogen) atoms. The van der Waals surface area contributed by atoms with Gasteiger partial charge in [0, 0.05) is 0 Å². The summed E-state index contributed by atoms with van der Waals surface area (Å²) in [5.74, 6) is 2.60. The van der Waals surface area contributed by atoms with E-state index in [0.717, 1.165) is 11.3 Å². The van der Waals surface area contributed by atoms with Gasteiger partial charge in [-0.15, -0.1) is 0 Å². The molecule has 4 rings (SSSR count). The average molecular weight is 525 g/mol. The van der Waals surface area contributed by atoms with E-state index in [1.54, 1.807) is 67.8 Å². The molecule has 0 aliphatic heterocycles. The molecule has 0 heterocycles. The van der Waals surface area contributed by atoms with Crippen LogP contribution in [0.25, 0.3) is 0 Å². The van der Waals surface area contributed by atoms with Gasteiger partial charge in [0.05, 0.1) is 24.0 Å². The van der Waals surface area contributed by atoms with Crippen LogP contribution in [0.3, 0.4) is 0 Å². The normalized spacial score (nSPS) is 12.0. The van der Waals surface area contributed by atoms with E-state index in [0.29, 0.717) is 27.0 Å². The van der Waals surface area contributed by atoms with Crippen molar-refractivity contribution in [3.05, 3.63) is 108 Å². The largest absolute Gasteiger partial charge is 0.497 e. The molecule has 0 amide bonds. The Balaban J connectivity index is 0.000000338. The fourth-order valence-electron chi connectivity index (χ4n) is 2.87. The zero-order valence-corrected chi connectivity index (χ0v) is 22.1. The van der Waals surface area contributed by atoms with Gasteiger partial charge in [-0.05, 0) is 86.6 Å². The van der Waals surface area contributed by atoms with Gasteiger partial charge in [-0.3, -0.25) is 4.18 Å². The first kappa shape index (κ1) is 27.1. The molecular weight excluding hydrogens is 496 g/mol. The van der Waals surface area contributed by atoms with Gasteiger partial charge in [0.15, 0.2) is 11.1 Å². The van der Waals surface area contributed by atoms with Gasteiger partial charge in [-0.25, -0.2) is 8.42 Å². The molecule has 4 aromatic rings. The molecule has 0 aromatic heterocycles. The molecule has 8 heteroatoms. The molecule has 2 atom stereocenters. The number of hydrogen-bond acceptors (Lipinski definition) is 6.